The van der Waals surface area contributed by atoms with Crippen molar-refractivity contribution in [1.82, 2.24) is 4.90 Å². The van der Waals surface area contributed by atoms with Crippen molar-refractivity contribution in [2.45, 2.75) is 50.8 Å². The van der Waals surface area contributed by atoms with E-state index in [4.69, 9.17) is 5.11 Å². The summed E-state index contributed by atoms with van der Waals surface area (Å²) in [4.78, 5) is 44.9. The van der Waals surface area contributed by atoms with E-state index in [9.17, 15) is 24.3 Å². The maximum Gasteiger partial charge on any atom is 0.327 e. The second-order valence-electron chi connectivity index (χ2n) is 7.15. The van der Waals surface area contributed by atoms with Crippen molar-refractivity contribution in [2.75, 3.05) is 0 Å². The fraction of sp³-hybridized carbons (Fsp3) is 0.562. The molecule has 2 rings (SSSR count). The van der Waals surface area contributed by atoms with Crippen LogP contribution in [-0.4, -0.2) is 61.3 Å². The summed E-state index contributed by atoms with van der Waals surface area (Å²) < 4.78 is -0.579. The van der Waals surface area contributed by atoms with Gasteiger partial charge >= 0.3 is 11.9 Å². The number of amides is 1. The number of carboxylic acids is 2. The second-order valence-corrected chi connectivity index (χ2v) is 9.51. The highest BCUT2D eigenvalue weighted by Gasteiger charge is 2.62. The van der Waals surface area contributed by atoms with Crippen molar-refractivity contribution < 1.29 is 29.4 Å². The number of fused-ring (bicyclic) bond motifs is 1. The van der Waals surface area contributed by atoms with E-state index in [1.54, 1.807) is 34.6 Å². The predicted octanol–water partition coefficient (Wildman–Crippen LogP) is 1.34. The summed E-state index contributed by atoms with van der Waals surface area (Å²) in [5.74, 6) is 1.85. The Hall–Kier alpha value is -1.96. The summed E-state index contributed by atoms with van der Waals surface area (Å²) in [5.41, 5.74) is -0.199. The van der Waals surface area contributed by atoms with Crippen LogP contribution in [0.15, 0.2) is 11.6 Å². The van der Waals surface area contributed by atoms with Crippen molar-refractivity contribution in [3.63, 3.8) is 0 Å². The SMILES string of the molecule is C=S1[C@@H]2/C(=C/C=O)C(=O)N2[C@@H](C(=O)O)C1(C)C.CC(C)(C)C(=O)O. The van der Waals surface area contributed by atoms with E-state index in [2.05, 4.69) is 5.87 Å². The van der Waals surface area contributed by atoms with E-state index in [1.165, 1.54) is 11.0 Å². The number of β-lactam (4-membered cyclic amide) rings is 1. The summed E-state index contributed by atoms with van der Waals surface area (Å²) >= 11 is 0. The molecule has 0 aliphatic carbocycles. The maximum absolute atomic E-state index is 11.8. The molecule has 2 saturated heterocycles. The molecule has 2 fully saturated rings. The zero-order chi connectivity index (χ0) is 19.0. The number of aldehydes is 1. The molecule has 134 valence electrons. The molecule has 1 amide bonds. The topological polar surface area (TPSA) is 112 Å². The quantitative estimate of drug-likeness (QED) is 0.334. The molecule has 2 aliphatic rings. The van der Waals surface area contributed by atoms with Gasteiger partial charge in [0.05, 0.1) is 11.0 Å². The van der Waals surface area contributed by atoms with Gasteiger partial charge in [-0.2, -0.15) is 10.5 Å². The number of carbonyl (C=O) groups is 4. The smallest absolute Gasteiger partial charge is 0.327 e. The van der Waals surface area contributed by atoms with Gasteiger partial charge < -0.3 is 15.1 Å². The molecule has 0 spiro atoms. The average molecular weight is 357 g/mol. The minimum atomic E-state index is -1.02. The first-order valence-electron chi connectivity index (χ1n) is 7.25. The number of hydrogen-bond donors (Lipinski definition) is 2. The number of nitrogens with zero attached hydrogens (tertiary/aromatic N) is 1. The molecular formula is C16H23NO6S. The van der Waals surface area contributed by atoms with Gasteiger partial charge in [-0.05, 0) is 40.7 Å². The lowest BCUT2D eigenvalue weighted by Gasteiger charge is -2.39. The number of carboxylic acid groups (broad SMARTS) is 2. The minimum Gasteiger partial charge on any atom is -0.481 e. The van der Waals surface area contributed by atoms with Crippen LogP contribution < -0.4 is 0 Å². The standard InChI is InChI=1S/C11H13NO4S.C5H10O2/c1-11(2)7(10(15)16)12-8(14)6(4-5-13)9(12)17(11)3;1-5(2,3)4(6)7/h4-5,7,9H,3H2,1-2H3,(H,15,16);1-3H3,(H,6,7)/b6-4+;/t7-,9+,17?;/m0./s1. The fourth-order valence-corrected chi connectivity index (χ4v) is 4.45. The number of allylic oxidation sites excluding steroid dienone is 1. The molecule has 2 heterocycles. The first-order valence-corrected chi connectivity index (χ1v) is 8.71. The van der Waals surface area contributed by atoms with Gasteiger partial charge in [0.1, 0.15) is 17.7 Å². The molecule has 0 radical (unpaired) electrons. The Balaban J connectivity index is 0.000000351. The molecule has 0 aromatic rings. The van der Waals surface area contributed by atoms with Crippen molar-refractivity contribution >= 4 is 40.5 Å². The number of hydrogen-bond acceptors (Lipinski definition) is 4. The maximum atomic E-state index is 11.8. The number of aliphatic carboxylic acids is 2. The van der Waals surface area contributed by atoms with Crippen molar-refractivity contribution in [3.05, 3.63) is 11.6 Å². The van der Waals surface area contributed by atoms with Crippen molar-refractivity contribution in [1.29, 1.82) is 0 Å². The first-order chi connectivity index (χ1) is 10.8. The van der Waals surface area contributed by atoms with Crippen LogP contribution in [0.5, 0.6) is 0 Å². The molecule has 8 heteroatoms. The molecule has 0 aromatic heterocycles. The van der Waals surface area contributed by atoms with Gasteiger partial charge in [0, 0.05) is 4.75 Å². The predicted molar refractivity (Wildman–Crippen MR) is 92.1 cm³/mol. The molecule has 3 atom stereocenters. The summed E-state index contributed by atoms with van der Waals surface area (Å²) in [7, 11) is -0.527. The van der Waals surface area contributed by atoms with Gasteiger partial charge in [0.15, 0.2) is 0 Å². The Labute approximate surface area is 143 Å². The lowest BCUT2D eigenvalue weighted by Crippen LogP contribution is -2.58. The number of carbonyl (C=O) groups excluding carboxylic acids is 2. The normalized spacial score (nSPS) is 29.2. The average Bonchev–Trinajstić information content (AvgIpc) is 2.61. The Morgan fingerprint density at radius 3 is 2.08 bits per heavy atom. The third kappa shape index (κ3) is 3.28. The van der Waals surface area contributed by atoms with Crippen LogP contribution in [0, 0.1) is 5.41 Å². The van der Waals surface area contributed by atoms with E-state index in [-0.39, 0.29) is 11.3 Å². The molecule has 1 unspecified atom stereocenters. The zero-order valence-corrected chi connectivity index (χ0v) is 15.2. The van der Waals surface area contributed by atoms with Crippen LogP contribution in [0.4, 0.5) is 0 Å². The molecule has 0 aromatic carbocycles. The largest absolute Gasteiger partial charge is 0.481 e. The molecular weight excluding hydrogens is 334 g/mol. The van der Waals surface area contributed by atoms with Gasteiger partial charge in [0.25, 0.3) is 5.91 Å². The van der Waals surface area contributed by atoms with Crippen LogP contribution in [0.3, 0.4) is 0 Å². The molecule has 0 saturated carbocycles. The molecule has 2 N–H and O–H groups in total. The molecule has 24 heavy (non-hydrogen) atoms. The van der Waals surface area contributed by atoms with Gasteiger partial charge in [-0.15, -0.1) is 0 Å². The highest BCUT2D eigenvalue weighted by molar-refractivity contribution is 8.16. The van der Waals surface area contributed by atoms with E-state index < -0.39 is 38.6 Å². The minimum absolute atomic E-state index is 0.316. The van der Waals surface area contributed by atoms with Crippen LogP contribution >= 0.6 is 10.5 Å². The van der Waals surface area contributed by atoms with E-state index >= 15 is 0 Å². The Kier molecular flexibility index (Phi) is 5.44. The van der Waals surface area contributed by atoms with Gasteiger partial charge in [-0.25, -0.2) is 4.79 Å². The number of rotatable bonds is 2. The van der Waals surface area contributed by atoms with Crippen molar-refractivity contribution in [3.8, 4) is 0 Å². The van der Waals surface area contributed by atoms with Gasteiger partial charge in [-0.1, -0.05) is 5.87 Å². The highest BCUT2D eigenvalue weighted by atomic mass is 32.2. The summed E-state index contributed by atoms with van der Waals surface area (Å²) in [6, 6.07) is -0.857. The molecule has 0 bridgehead atoms. The van der Waals surface area contributed by atoms with E-state index in [0.717, 1.165) is 0 Å². The third-order valence-corrected chi connectivity index (χ3v) is 6.60. The highest BCUT2D eigenvalue weighted by Crippen LogP contribution is 2.56. The van der Waals surface area contributed by atoms with E-state index in [1.807, 2.05) is 0 Å². The Bertz CT molecular complexity index is 643. The summed E-state index contributed by atoms with van der Waals surface area (Å²) in [6.45, 7) is 8.58. The van der Waals surface area contributed by atoms with Gasteiger partial charge in [0.2, 0.25) is 0 Å². The van der Waals surface area contributed by atoms with Crippen LogP contribution in [-0.2, 0) is 19.2 Å². The van der Waals surface area contributed by atoms with Crippen LogP contribution in [0.1, 0.15) is 34.6 Å². The fourth-order valence-electron chi connectivity index (χ4n) is 2.40. The monoisotopic (exact) mass is 357 g/mol. The Morgan fingerprint density at radius 2 is 1.75 bits per heavy atom. The first kappa shape index (κ1) is 20.1. The lowest BCUT2D eigenvalue weighted by molar-refractivity contribution is -0.152. The molecule has 7 nitrogen and oxygen atoms in total. The van der Waals surface area contributed by atoms with Crippen molar-refractivity contribution in [2.24, 2.45) is 5.41 Å². The second kappa shape index (κ2) is 6.51. The lowest BCUT2D eigenvalue weighted by atomic mass is 9.96. The third-order valence-electron chi connectivity index (χ3n) is 4.01. The van der Waals surface area contributed by atoms with Crippen LogP contribution in [0.2, 0.25) is 0 Å². The summed E-state index contributed by atoms with van der Waals surface area (Å²) in [6.07, 6.45) is 1.78. The van der Waals surface area contributed by atoms with E-state index in [0.29, 0.717) is 11.9 Å². The van der Waals surface area contributed by atoms with Gasteiger partial charge in [-0.3, -0.25) is 14.4 Å². The Morgan fingerprint density at radius 1 is 1.29 bits per heavy atom. The molecule has 2 aliphatic heterocycles. The van der Waals surface area contributed by atoms with Crippen LogP contribution in [0.25, 0.3) is 0 Å². The zero-order valence-electron chi connectivity index (χ0n) is 14.4. The summed E-state index contributed by atoms with van der Waals surface area (Å²) in [5, 5.41) is 17.2.